The van der Waals surface area contributed by atoms with Gasteiger partial charge in [0, 0.05) is 0 Å². The molecule has 4 nitrogen and oxygen atoms in total. The number of carbonyl (C=O) groups excluding carboxylic acids is 1. The average Bonchev–Trinajstić information content (AvgIpc) is 2.77. The molecule has 1 heterocycles. The number of nitrogens with zero attached hydrogens (tertiary/aromatic N) is 2. The number of carbonyl (C=O) groups is 1. The third-order valence-electron chi connectivity index (χ3n) is 5.98. The van der Waals surface area contributed by atoms with Crippen molar-refractivity contribution in [2.75, 3.05) is 18.5 Å². The maximum atomic E-state index is 13.6. The first-order valence-corrected chi connectivity index (χ1v) is 15.5. The molecule has 0 fully saturated rings. The Kier molecular flexibility index (Phi) is 10.7. The van der Waals surface area contributed by atoms with Crippen LogP contribution in [-0.4, -0.2) is 44.2 Å². The number of hydrogen-bond donors (Lipinski definition) is 0. The maximum Gasteiger partial charge on any atom is 0.268 e. The smallest absolute Gasteiger partial charge is 0.268 e. The van der Waals surface area contributed by atoms with Crippen LogP contribution < -0.4 is 0 Å². The molecule has 0 saturated heterocycles. The van der Waals surface area contributed by atoms with E-state index in [-0.39, 0.29) is 17.2 Å². The molecule has 1 amide bonds. The highest BCUT2D eigenvalue weighted by atomic mass is 32.2. The number of amides is 1. The van der Waals surface area contributed by atoms with E-state index in [1.54, 1.807) is 0 Å². The van der Waals surface area contributed by atoms with Gasteiger partial charge < -0.3 is 0 Å². The fraction of sp³-hybridized carbons (Fsp3) is 0.640. The summed E-state index contributed by atoms with van der Waals surface area (Å²) in [5.41, 5.74) is 1.40. The first-order valence-electron chi connectivity index (χ1n) is 12.0. The van der Waals surface area contributed by atoms with Crippen molar-refractivity contribution in [1.29, 1.82) is 0 Å². The van der Waals surface area contributed by atoms with E-state index in [1.165, 1.54) is 42.8 Å². The van der Waals surface area contributed by atoms with E-state index >= 15 is 0 Å². The van der Waals surface area contributed by atoms with Crippen molar-refractivity contribution in [3.8, 4) is 0 Å². The minimum absolute atomic E-state index is 0.158. The van der Waals surface area contributed by atoms with Crippen LogP contribution in [0.1, 0.15) is 83.5 Å². The van der Waals surface area contributed by atoms with Gasteiger partial charge in [0.25, 0.3) is 5.91 Å². The molecule has 174 valence electrons. The molecule has 1 aliphatic rings. The summed E-state index contributed by atoms with van der Waals surface area (Å²) >= 11 is 0. The van der Waals surface area contributed by atoms with Crippen molar-refractivity contribution < 1.29 is 9.00 Å². The number of rotatable bonds is 11. The van der Waals surface area contributed by atoms with Crippen molar-refractivity contribution >= 4 is 29.6 Å². The fourth-order valence-electron chi connectivity index (χ4n) is 4.00. The van der Waals surface area contributed by atoms with Gasteiger partial charge in [0.1, 0.15) is 11.0 Å². The maximum absolute atomic E-state index is 13.6. The lowest BCUT2D eigenvalue weighted by molar-refractivity contribution is 0.0849. The quantitative estimate of drug-likeness (QED) is 0.253. The van der Waals surface area contributed by atoms with Crippen LogP contribution in [0.2, 0.25) is 0 Å². The van der Waals surface area contributed by atoms with Crippen molar-refractivity contribution in [2.45, 2.75) is 84.4 Å². The molecule has 1 aliphatic heterocycles. The molecule has 0 unspecified atom stereocenters. The molecule has 6 heteroatoms. The summed E-state index contributed by atoms with van der Waals surface area (Å²) in [5, 5.41) is -0.158. The lowest BCUT2D eigenvalue weighted by Gasteiger charge is -2.32. The molecule has 1 aromatic rings. The van der Waals surface area contributed by atoms with Gasteiger partial charge in [-0.15, -0.1) is 0 Å². The number of hydrogen-bond acceptors (Lipinski definition) is 3. The third kappa shape index (κ3) is 6.89. The molecule has 0 N–H and O–H groups in total. The van der Waals surface area contributed by atoms with Crippen molar-refractivity contribution in [2.24, 2.45) is 4.74 Å². The fourth-order valence-corrected chi connectivity index (χ4v) is 9.56. The molecule has 0 saturated carbocycles. The molecule has 1 aromatic carbocycles. The second kappa shape index (κ2) is 12.7. The van der Waals surface area contributed by atoms with Crippen LogP contribution in [0.3, 0.4) is 0 Å². The number of benzene rings is 1. The summed E-state index contributed by atoms with van der Waals surface area (Å²) < 4.78 is 19.9. The third-order valence-corrected chi connectivity index (χ3v) is 11.7. The highest BCUT2D eigenvalue weighted by Gasteiger charge is 2.32. The van der Waals surface area contributed by atoms with E-state index < -0.39 is 18.0 Å². The molecule has 0 bridgehead atoms. The van der Waals surface area contributed by atoms with Crippen molar-refractivity contribution in [3.63, 3.8) is 0 Å². The molecule has 0 aliphatic carbocycles. The molecule has 0 aromatic heterocycles. The van der Waals surface area contributed by atoms with Crippen LogP contribution >= 0.6 is 7.05 Å². The van der Waals surface area contributed by atoms with E-state index in [2.05, 4.69) is 20.8 Å². The lowest BCUT2D eigenvalue weighted by atomic mass is 10.1. The highest BCUT2D eigenvalue weighted by molar-refractivity contribution is 7.84. The van der Waals surface area contributed by atoms with Crippen molar-refractivity contribution in [1.82, 2.24) is 4.31 Å². The minimum Gasteiger partial charge on any atom is -0.268 e. The minimum atomic E-state index is -1.55. The monoisotopic (exact) mass is 464 g/mol. The van der Waals surface area contributed by atoms with E-state index in [0.29, 0.717) is 5.56 Å². The summed E-state index contributed by atoms with van der Waals surface area (Å²) in [4.78, 5) is 13.6. The van der Waals surface area contributed by atoms with E-state index in [9.17, 15) is 9.00 Å². The number of unbranched alkanes of at least 4 members (excludes halogenated alkanes) is 3. The van der Waals surface area contributed by atoms with Crippen LogP contribution in [0.4, 0.5) is 5.69 Å². The predicted octanol–water partition coefficient (Wildman–Crippen LogP) is 7.37. The van der Waals surface area contributed by atoms with Crippen molar-refractivity contribution in [3.05, 3.63) is 42.0 Å². The lowest BCUT2D eigenvalue weighted by Crippen LogP contribution is -2.44. The van der Waals surface area contributed by atoms with Crippen LogP contribution in [0.15, 0.2) is 41.2 Å². The summed E-state index contributed by atoms with van der Waals surface area (Å²) in [7, 11) is -2.92. The van der Waals surface area contributed by atoms with E-state index in [1.807, 2.05) is 50.3 Å². The Morgan fingerprint density at radius 2 is 1.52 bits per heavy atom. The second-order valence-electron chi connectivity index (χ2n) is 8.68. The van der Waals surface area contributed by atoms with E-state index in [0.717, 1.165) is 24.2 Å². The van der Waals surface area contributed by atoms with Gasteiger partial charge in [-0.25, -0.2) is 4.21 Å². The van der Waals surface area contributed by atoms with Gasteiger partial charge in [0.15, 0.2) is 0 Å². The normalized spacial score (nSPS) is 21.3. The van der Waals surface area contributed by atoms with Crippen LogP contribution in [-0.2, 0) is 11.0 Å². The van der Waals surface area contributed by atoms with Gasteiger partial charge in [-0.3, -0.25) is 13.8 Å². The molecular weight excluding hydrogens is 423 g/mol. The van der Waals surface area contributed by atoms with Crippen LogP contribution in [0.25, 0.3) is 0 Å². The topological polar surface area (TPSA) is 49.7 Å². The van der Waals surface area contributed by atoms with Crippen LogP contribution in [0, 0.1) is 0 Å². The first-order chi connectivity index (χ1) is 14.9. The van der Waals surface area contributed by atoms with Gasteiger partial charge in [0.05, 0.1) is 22.5 Å². The molecule has 3 atom stereocenters. The summed E-state index contributed by atoms with van der Waals surface area (Å²) in [6.07, 6.45) is 14.5. The average molecular weight is 465 g/mol. The molecule has 31 heavy (non-hydrogen) atoms. The molecule has 0 spiro atoms. The summed E-state index contributed by atoms with van der Waals surface area (Å²) in [5.74, 6) is -0.166. The Balaban J connectivity index is 2.53. The Bertz CT molecular complexity index is 808. The Morgan fingerprint density at radius 1 is 0.968 bits per heavy atom. The molecular formula is C25H41N2O2PS. The van der Waals surface area contributed by atoms with Gasteiger partial charge in [-0.1, -0.05) is 64.3 Å². The Labute approximate surface area is 192 Å². The zero-order valence-corrected chi connectivity index (χ0v) is 21.8. The zero-order valence-electron chi connectivity index (χ0n) is 20.0. The SMILES string of the molecule is CCCCP(CCCC)(CCCC)=Nc1ccccc1C(=O)N1[C@@H](C)C=C[C@@H](C)[S@]1=O. The van der Waals surface area contributed by atoms with Gasteiger partial charge in [-0.2, -0.15) is 0 Å². The second-order valence-corrected chi connectivity index (χ2v) is 14.1. The standard InChI is InChI=1S/C25H41N2O2PS/c1-6-9-18-30(19-10-7-2,20-11-8-3)26-24-15-13-12-14-23(24)25(28)27-21(4)16-17-22(5)31(27)29/h12-17,21-22H,6-11,18-20H2,1-5H3/t21-,22+,31+/m0/s1. The molecule has 0 radical (unpaired) electrons. The Morgan fingerprint density at radius 3 is 2.06 bits per heavy atom. The summed E-state index contributed by atoms with van der Waals surface area (Å²) in [6, 6.07) is 7.54. The van der Waals surface area contributed by atoms with Gasteiger partial charge in [-0.05, 0) is 70.8 Å². The summed E-state index contributed by atoms with van der Waals surface area (Å²) in [6.45, 7) is 10.6. The predicted molar refractivity (Wildman–Crippen MR) is 137 cm³/mol. The zero-order chi connectivity index (χ0) is 22.9. The van der Waals surface area contributed by atoms with E-state index in [4.69, 9.17) is 4.74 Å². The highest BCUT2D eigenvalue weighted by Crippen LogP contribution is 2.54. The van der Waals surface area contributed by atoms with Crippen LogP contribution in [0.5, 0.6) is 0 Å². The largest absolute Gasteiger partial charge is 0.268 e. The molecule has 2 rings (SSSR count). The van der Waals surface area contributed by atoms with Gasteiger partial charge >= 0.3 is 0 Å². The van der Waals surface area contributed by atoms with Gasteiger partial charge in [0.2, 0.25) is 0 Å². The first kappa shape index (κ1) is 26.1. The Hall–Kier alpha value is -1.19.